The van der Waals surface area contributed by atoms with E-state index in [1.54, 1.807) is 13.0 Å². The van der Waals surface area contributed by atoms with Crippen molar-refractivity contribution in [3.8, 4) is 0 Å². The lowest BCUT2D eigenvalue weighted by molar-refractivity contribution is 0.574. The SMILES string of the molecule is Cc1cc(Cl)c(N)cc1S(=O)(=O)NCC1CC1C. The van der Waals surface area contributed by atoms with Crippen LogP contribution < -0.4 is 10.5 Å². The van der Waals surface area contributed by atoms with Gasteiger partial charge < -0.3 is 5.73 Å². The number of nitrogens with two attached hydrogens (primary N) is 1. The van der Waals surface area contributed by atoms with Crippen molar-refractivity contribution in [1.29, 1.82) is 0 Å². The summed E-state index contributed by atoms with van der Waals surface area (Å²) in [5.74, 6) is 1.08. The Morgan fingerprint density at radius 3 is 2.67 bits per heavy atom. The number of nitrogens with one attached hydrogen (secondary N) is 1. The molecule has 1 aliphatic carbocycles. The van der Waals surface area contributed by atoms with Gasteiger partial charge >= 0.3 is 0 Å². The largest absolute Gasteiger partial charge is 0.397 e. The Labute approximate surface area is 113 Å². The minimum atomic E-state index is -3.50. The van der Waals surface area contributed by atoms with Crippen molar-refractivity contribution in [1.82, 2.24) is 4.72 Å². The molecule has 1 aromatic carbocycles. The van der Waals surface area contributed by atoms with Crippen LogP contribution in [-0.4, -0.2) is 15.0 Å². The number of sulfonamides is 1. The predicted molar refractivity (Wildman–Crippen MR) is 73.1 cm³/mol. The summed E-state index contributed by atoms with van der Waals surface area (Å²) >= 11 is 5.85. The first kappa shape index (κ1) is 13.6. The molecule has 18 heavy (non-hydrogen) atoms. The zero-order valence-electron chi connectivity index (χ0n) is 10.4. The fraction of sp³-hybridized carbons (Fsp3) is 0.500. The topological polar surface area (TPSA) is 72.2 Å². The minimum Gasteiger partial charge on any atom is -0.397 e. The first-order valence-electron chi connectivity index (χ1n) is 5.86. The Balaban J connectivity index is 2.21. The van der Waals surface area contributed by atoms with Crippen LogP contribution in [0.5, 0.6) is 0 Å². The Kier molecular flexibility index (Phi) is 3.58. The van der Waals surface area contributed by atoms with Crippen molar-refractivity contribution < 1.29 is 8.42 Å². The van der Waals surface area contributed by atoms with Gasteiger partial charge in [0.25, 0.3) is 0 Å². The van der Waals surface area contributed by atoms with Crippen LogP contribution >= 0.6 is 11.6 Å². The molecular formula is C12H17ClN2O2S. The van der Waals surface area contributed by atoms with E-state index in [0.717, 1.165) is 6.42 Å². The zero-order valence-corrected chi connectivity index (χ0v) is 12.0. The van der Waals surface area contributed by atoms with Gasteiger partial charge in [-0.05, 0) is 42.9 Å². The average Bonchev–Trinajstić information content (AvgIpc) is 2.97. The third kappa shape index (κ3) is 2.79. The Hall–Kier alpha value is -0.780. The van der Waals surface area contributed by atoms with Crippen LogP contribution in [0.3, 0.4) is 0 Å². The number of aryl methyl sites for hydroxylation is 1. The third-order valence-electron chi connectivity index (χ3n) is 3.40. The van der Waals surface area contributed by atoms with Gasteiger partial charge in [-0.25, -0.2) is 13.1 Å². The van der Waals surface area contributed by atoms with Crippen molar-refractivity contribution in [2.75, 3.05) is 12.3 Å². The predicted octanol–water partition coefficient (Wildman–Crippen LogP) is 2.16. The summed E-state index contributed by atoms with van der Waals surface area (Å²) in [6.07, 6.45) is 1.09. The molecule has 0 saturated heterocycles. The summed E-state index contributed by atoms with van der Waals surface area (Å²) in [6, 6.07) is 2.99. The van der Waals surface area contributed by atoms with E-state index in [0.29, 0.717) is 29.0 Å². The number of hydrogen-bond donors (Lipinski definition) is 2. The Morgan fingerprint density at radius 2 is 2.11 bits per heavy atom. The van der Waals surface area contributed by atoms with Gasteiger partial charge in [-0.15, -0.1) is 0 Å². The number of hydrogen-bond acceptors (Lipinski definition) is 3. The van der Waals surface area contributed by atoms with Gasteiger partial charge in [0.1, 0.15) is 0 Å². The van der Waals surface area contributed by atoms with E-state index in [1.807, 2.05) is 0 Å². The molecule has 0 spiro atoms. The van der Waals surface area contributed by atoms with E-state index in [-0.39, 0.29) is 10.6 Å². The molecule has 4 nitrogen and oxygen atoms in total. The maximum atomic E-state index is 12.1. The molecule has 100 valence electrons. The zero-order chi connectivity index (χ0) is 13.5. The molecular weight excluding hydrogens is 272 g/mol. The number of benzene rings is 1. The van der Waals surface area contributed by atoms with Gasteiger partial charge in [-0.3, -0.25) is 0 Å². The van der Waals surface area contributed by atoms with Crippen LogP contribution in [0.4, 0.5) is 5.69 Å². The second-order valence-corrected chi connectivity index (χ2v) is 7.11. The average molecular weight is 289 g/mol. The first-order valence-corrected chi connectivity index (χ1v) is 7.72. The van der Waals surface area contributed by atoms with Crippen LogP contribution in [0.15, 0.2) is 17.0 Å². The van der Waals surface area contributed by atoms with E-state index >= 15 is 0 Å². The summed E-state index contributed by atoms with van der Waals surface area (Å²) in [7, 11) is -3.50. The smallest absolute Gasteiger partial charge is 0.240 e. The summed E-state index contributed by atoms with van der Waals surface area (Å²) < 4.78 is 26.9. The number of nitrogen functional groups attached to an aromatic ring is 1. The molecule has 1 saturated carbocycles. The molecule has 0 aliphatic heterocycles. The molecule has 0 aromatic heterocycles. The lowest BCUT2D eigenvalue weighted by Gasteiger charge is -2.10. The molecule has 0 bridgehead atoms. The maximum Gasteiger partial charge on any atom is 0.240 e. The number of halogens is 1. The molecule has 6 heteroatoms. The molecule has 3 N–H and O–H groups in total. The van der Waals surface area contributed by atoms with Crippen molar-refractivity contribution in [3.63, 3.8) is 0 Å². The van der Waals surface area contributed by atoms with Crippen molar-refractivity contribution in [2.45, 2.75) is 25.2 Å². The highest BCUT2D eigenvalue weighted by atomic mass is 35.5. The van der Waals surface area contributed by atoms with Crippen molar-refractivity contribution >= 4 is 27.3 Å². The molecule has 0 radical (unpaired) electrons. The summed E-state index contributed by atoms with van der Waals surface area (Å²) in [5.41, 5.74) is 6.53. The summed E-state index contributed by atoms with van der Waals surface area (Å²) in [5, 5.41) is 0.377. The first-order chi connectivity index (χ1) is 8.31. The van der Waals surface area contributed by atoms with Crippen LogP contribution in [0.25, 0.3) is 0 Å². The lowest BCUT2D eigenvalue weighted by atomic mass is 10.2. The van der Waals surface area contributed by atoms with Gasteiger partial charge in [0.05, 0.1) is 15.6 Å². The fourth-order valence-corrected chi connectivity index (χ4v) is 3.51. The third-order valence-corrected chi connectivity index (χ3v) is 5.29. The van der Waals surface area contributed by atoms with Gasteiger partial charge in [0.15, 0.2) is 0 Å². The minimum absolute atomic E-state index is 0.206. The molecule has 2 unspecified atom stereocenters. The van der Waals surface area contributed by atoms with Gasteiger partial charge in [0, 0.05) is 6.54 Å². The van der Waals surface area contributed by atoms with Crippen molar-refractivity contribution in [2.24, 2.45) is 11.8 Å². The summed E-state index contributed by atoms with van der Waals surface area (Å²) in [6.45, 7) is 4.32. The highest BCUT2D eigenvalue weighted by molar-refractivity contribution is 7.89. The quantitative estimate of drug-likeness (QED) is 0.834. The second-order valence-electron chi connectivity index (χ2n) is 4.96. The van der Waals surface area contributed by atoms with E-state index in [9.17, 15) is 8.42 Å². The molecule has 1 aromatic rings. The lowest BCUT2D eigenvalue weighted by Crippen LogP contribution is -2.27. The van der Waals surface area contributed by atoms with Crippen molar-refractivity contribution in [3.05, 3.63) is 22.7 Å². The normalized spacial score (nSPS) is 23.1. The van der Waals surface area contributed by atoms with Crippen LogP contribution in [0, 0.1) is 18.8 Å². The second kappa shape index (κ2) is 4.72. The summed E-state index contributed by atoms with van der Waals surface area (Å²) in [4.78, 5) is 0.206. The van der Waals surface area contributed by atoms with E-state index in [4.69, 9.17) is 17.3 Å². The number of anilines is 1. The van der Waals surface area contributed by atoms with E-state index in [2.05, 4.69) is 11.6 Å². The fourth-order valence-electron chi connectivity index (χ4n) is 1.94. The molecule has 0 heterocycles. The standard InChI is InChI=1S/C12H17ClN2O2S/c1-7-3-9(7)6-15-18(16,17)12-5-11(14)10(13)4-8(12)2/h4-5,7,9,15H,3,6,14H2,1-2H3. The molecule has 1 fully saturated rings. The highest BCUT2D eigenvalue weighted by Crippen LogP contribution is 2.37. The Morgan fingerprint density at radius 1 is 1.50 bits per heavy atom. The van der Waals surface area contributed by atoms with Gasteiger partial charge in [0.2, 0.25) is 10.0 Å². The molecule has 2 atom stereocenters. The van der Waals surface area contributed by atoms with Gasteiger partial charge in [-0.1, -0.05) is 18.5 Å². The molecule has 2 rings (SSSR count). The van der Waals surface area contributed by atoms with E-state index in [1.165, 1.54) is 6.07 Å². The number of rotatable bonds is 4. The van der Waals surface area contributed by atoms with E-state index < -0.39 is 10.0 Å². The maximum absolute atomic E-state index is 12.1. The highest BCUT2D eigenvalue weighted by Gasteiger charge is 2.33. The Bertz CT molecular complexity index is 572. The van der Waals surface area contributed by atoms with Crippen LogP contribution in [-0.2, 0) is 10.0 Å². The molecule has 1 aliphatic rings. The molecule has 0 amide bonds. The van der Waals surface area contributed by atoms with Crippen LogP contribution in [0.2, 0.25) is 5.02 Å². The van der Waals surface area contributed by atoms with Crippen LogP contribution in [0.1, 0.15) is 18.9 Å². The monoisotopic (exact) mass is 288 g/mol. The van der Waals surface area contributed by atoms with Gasteiger partial charge in [-0.2, -0.15) is 0 Å².